The SMILES string of the molecule is Nc1nc(Cl)nc(Sc2nc3ccccc3[nH]2)n1. The maximum atomic E-state index is 5.71. The topological polar surface area (TPSA) is 93.4 Å². The monoisotopic (exact) mass is 278 g/mol. The fourth-order valence-corrected chi connectivity index (χ4v) is 2.42. The summed E-state index contributed by atoms with van der Waals surface area (Å²) < 4.78 is 0. The standard InChI is InChI=1S/C10H7ClN6S/c11-7-15-8(12)17-10(16-7)18-9-13-5-3-1-2-4-6(5)14-9/h1-4H,(H,13,14)(H2,12,15,16,17). The molecule has 3 aromatic rings. The van der Waals surface area contributed by atoms with E-state index in [1.165, 1.54) is 11.8 Å². The fraction of sp³-hybridized carbons (Fsp3) is 0. The van der Waals surface area contributed by atoms with Crippen molar-refractivity contribution in [1.29, 1.82) is 0 Å². The Balaban J connectivity index is 1.96. The zero-order valence-electron chi connectivity index (χ0n) is 8.96. The van der Waals surface area contributed by atoms with Crippen LogP contribution in [0.5, 0.6) is 0 Å². The molecule has 0 amide bonds. The number of anilines is 1. The van der Waals surface area contributed by atoms with Crippen molar-refractivity contribution in [2.45, 2.75) is 10.3 Å². The molecule has 0 aliphatic carbocycles. The van der Waals surface area contributed by atoms with E-state index in [1.54, 1.807) is 0 Å². The van der Waals surface area contributed by atoms with Gasteiger partial charge in [-0.2, -0.15) is 15.0 Å². The van der Waals surface area contributed by atoms with Crippen LogP contribution in [-0.2, 0) is 0 Å². The van der Waals surface area contributed by atoms with E-state index in [0.29, 0.717) is 10.3 Å². The van der Waals surface area contributed by atoms with Crippen LogP contribution in [0, 0.1) is 0 Å². The van der Waals surface area contributed by atoms with Gasteiger partial charge in [-0.25, -0.2) is 4.98 Å². The number of nitrogens with zero attached hydrogens (tertiary/aromatic N) is 4. The molecule has 90 valence electrons. The summed E-state index contributed by atoms with van der Waals surface area (Å²) in [5.41, 5.74) is 7.33. The summed E-state index contributed by atoms with van der Waals surface area (Å²) in [6.45, 7) is 0. The highest BCUT2D eigenvalue weighted by molar-refractivity contribution is 7.99. The van der Waals surface area contributed by atoms with Gasteiger partial charge in [0.05, 0.1) is 11.0 Å². The summed E-state index contributed by atoms with van der Waals surface area (Å²) in [7, 11) is 0. The third kappa shape index (κ3) is 2.22. The maximum absolute atomic E-state index is 5.71. The summed E-state index contributed by atoms with van der Waals surface area (Å²) >= 11 is 6.96. The van der Waals surface area contributed by atoms with E-state index in [4.69, 9.17) is 17.3 Å². The third-order valence-corrected chi connectivity index (χ3v) is 3.08. The number of H-pyrrole nitrogens is 1. The van der Waals surface area contributed by atoms with Crippen molar-refractivity contribution in [3.05, 3.63) is 29.5 Å². The molecule has 0 saturated carbocycles. The molecular formula is C10H7ClN6S. The quantitative estimate of drug-likeness (QED) is 0.746. The number of fused-ring (bicyclic) bond motifs is 1. The second-order valence-corrected chi connectivity index (χ2v) is 4.70. The summed E-state index contributed by atoms with van der Waals surface area (Å²) in [5.74, 6) is 0.0913. The molecule has 3 N–H and O–H groups in total. The van der Waals surface area contributed by atoms with Crippen LogP contribution in [0.1, 0.15) is 0 Å². The summed E-state index contributed by atoms with van der Waals surface area (Å²) in [5, 5.41) is 1.16. The lowest BCUT2D eigenvalue weighted by Gasteiger charge is -1.97. The van der Waals surface area contributed by atoms with E-state index in [9.17, 15) is 0 Å². The van der Waals surface area contributed by atoms with Crippen LogP contribution in [0.3, 0.4) is 0 Å². The van der Waals surface area contributed by atoms with Crippen molar-refractivity contribution in [1.82, 2.24) is 24.9 Å². The number of nitrogen functional groups attached to an aromatic ring is 1. The van der Waals surface area contributed by atoms with Crippen molar-refractivity contribution in [2.24, 2.45) is 0 Å². The van der Waals surface area contributed by atoms with Gasteiger partial charge in [-0.1, -0.05) is 12.1 Å². The lowest BCUT2D eigenvalue weighted by molar-refractivity contribution is 0.909. The summed E-state index contributed by atoms with van der Waals surface area (Å²) in [4.78, 5) is 19.2. The molecule has 2 heterocycles. The summed E-state index contributed by atoms with van der Waals surface area (Å²) in [6, 6.07) is 7.73. The third-order valence-electron chi connectivity index (χ3n) is 2.16. The molecule has 18 heavy (non-hydrogen) atoms. The molecule has 1 aromatic carbocycles. The number of hydrogen-bond acceptors (Lipinski definition) is 6. The smallest absolute Gasteiger partial charge is 0.228 e. The molecule has 3 rings (SSSR count). The molecule has 0 spiro atoms. The number of hydrogen-bond donors (Lipinski definition) is 2. The van der Waals surface area contributed by atoms with Gasteiger partial charge in [0, 0.05) is 0 Å². The number of imidazole rings is 1. The van der Waals surface area contributed by atoms with Crippen molar-refractivity contribution in [3.8, 4) is 0 Å². The Bertz CT molecular complexity index is 659. The molecule has 8 heteroatoms. The van der Waals surface area contributed by atoms with Crippen LogP contribution in [0.15, 0.2) is 34.6 Å². The van der Waals surface area contributed by atoms with E-state index in [1.807, 2.05) is 24.3 Å². The van der Waals surface area contributed by atoms with Crippen LogP contribution >= 0.6 is 23.4 Å². The molecular weight excluding hydrogens is 272 g/mol. The van der Waals surface area contributed by atoms with E-state index < -0.39 is 0 Å². The average Bonchev–Trinajstić information content (AvgIpc) is 2.69. The van der Waals surface area contributed by atoms with E-state index in [0.717, 1.165) is 11.0 Å². The number of nitrogens with one attached hydrogen (secondary N) is 1. The predicted octanol–water partition coefficient (Wildman–Crippen LogP) is 2.13. The Morgan fingerprint density at radius 1 is 1.11 bits per heavy atom. The van der Waals surface area contributed by atoms with Gasteiger partial charge >= 0.3 is 0 Å². The van der Waals surface area contributed by atoms with Gasteiger partial charge < -0.3 is 10.7 Å². The molecule has 0 saturated heterocycles. The van der Waals surface area contributed by atoms with Crippen LogP contribution in [0.25, 0.3) is 11.0 Å². The second kappa shape index (κ2) is 4.43. The number of aromatic nitrogens is 5. The number of rotatable bonds is 2. The zero-order valence-corrected chi connectivity index (χ0v) is 10.5. The fourth-order valence-electron chi connectivity index (χ4n) is 1.46. The number of halogens is 1. The highest BCUT2D eigenvalue weighted by Gasteiger charge is 2.08. The predicted molar refractivity (Wildman–Crippen MR) is 69.5 cm³/mol. The molecule has 2 aromatic heterocycles. The summed E-state index contributed by atoms with van der Waals surface area (Å²) in [6.07, 6.45) is 0. The molecule has 0 aliphatic heterocycles. The van der Waals surface area contributed by atoms with E-state index >= 15 is 0 Å². The Hall–Kier alpha value is -1.86. The zero-order chi connectivity index (χ0) is 12.5. The molecule has 0 fully saturated rings. The molecule has 0 radical (unpaired) electrons. The Labute approximate surface area is 111 Å². The molecule has 0 atom stereocenters. The second-order valence-electron chi connectivity index (χ2n) is 3.41. The van der Waals surface area contributed by atoms with Gasteiger partial charge in [0.15, 0.2) is 5.16 Å². The lowest BCUT2D eigenvalue weighted by Crippen LogP contribution is -1.99. The van der Waals surface area contributed by atoms with Crippen LogP contribution in [-0.4, -0.2) is 24.9 Å². The first-order valence-corrected chi connectivity index (χ1v) is 6.20. The maximum Gasteiger partial charge on any atom is 0.228 e. The lowest BCUT2D eigenvalue weighted by atomic mass is 10.3. The molecule has 0 bridgehead atoms. The van der Waals surface area contributed by atoms with Crippen LogP contribution in [0.4, 0.5) is 5.95 Å². The minimum Gasteiger partial charge on any atom is -0.368 e. The van der Waals surface area contributed by atoms with Gasteiger partial charge in [-0.3, -0.25) is 0 Å². The number of aromatic amines is 1. The highest BCUT2D eigenvalue weighted by Crippen LogP contribution is 2.25. The first kappa shape index (κ1) is 11.2. The highest BCUT2D eigenvalue weighted by atomic mass is 35.5. The van der Waals surface area contributed by atoms with Gasteiger partial charge in [0.1, 0.15) is 0 Å². The minimum atomic E-state index is 0.0705. The van der Waals surface area contributed by atoms with E-state index in [-0.39, 0.29) is 11.2 Å². The van der Waals surface area contributed by atoms with Crippen LogP contribution < -0.4 is 5.73 Å². The normalized spacial score (nSPS) is 10.9. The minimum absolute atomic E-state index is 0.0705. The number of para-hydroxylation sites is 2. The van der Waals surface area contributed by atoms with Crippen molar-refractivity contribution in [3.63, 3.8) is 0 Å². The Morgan fingerprint density at radius 2 is 1.94 bits per heavy atom. The van der Waals surface area contributed by atoms with Crippen molar-refractivity contribution < 1.29 is 0 Å². The Kier molecular flexibility index (Phi) is 2.77. The average molecular weight is 279 g/mol. The molecule has 6 nitrogen and oxygen atoms in total. The molecule has 0 aliphatic rings. The largest absolute Gasteiger partial charge is 0.368 e. The van der Waals surface area contributed by atoms with Gasteiger partial charge in [-0.05, 0) is 35.5 Å². The van der Waals surface area contributed by atoms with Gasteiger partial charge in [-0.15, -0.1) is 0 Å². The van der Waals surface area contributed by atoms with Crippen LogP contribution in [0.2, 0.25) is 5.28 Å². The Morgan fingerprint density at radius 3 is 2.72 bits per heavy atom. The van der Waals surface area contributed by atoms with Gasteiger partial charge in [0.25, 0.3) is 0 Å². The van der Waals surface area contributed by atoms with Crippen molar-refractivity contribution in [2.75, 3.05) is 5.73 Å². The number of benzene rings is 1. The first-order valence-electron chi connectivity index (χ1n) is 5.00. The van der Waals surface area contributed by atoms with Crippen molar-refractivity contribution >= 4 is 40.3 Å². The molecule has 0 unspecified atom stereocenters. The number of nitrogens with two attached hydrogens (primary N) is 1. The van der Waals surface area contributed by atoms with Gasteiger partial charge in [0.2, 0.25) is 16.4 Å². The van der Waals surface area contributed by atoms with E-state index in [2.05, 4.69) is 24.9 Å². The first-order chi connectivity index (χ1) is 8.70.